The molecule has 2 heterocycles. The van der Waals surface area contributed by atoms with E-state index >= 15 is 0 Å². The normalized spacial score (nSPS) is 15.6. The lowest BCUT2D eigenvalue weighted by Crippen LogP contribution is -2.48. The Hall–Kier alpha value is -3.39. The lowest BCUT2D eigenvalue weighted by molar-refractivity contribution is -0.135. The van der Waals surface area contributed by atoms with Crippen LogP contribution < -0.4 is 9.47 Å². The lowest BCUT2D eigenvalue weighted by atomic mass is 10.00. The quantitative estimate of drug-likeness (QED) is 0.347. The molecule has 1 aliphatic rings. The molecule has 2 atom stereocenters. The molecule has 0 bridgehead atoms. The van der Waals surface area contributed by atoms with Gasteiger partial charge >= 0.3 is 0 Å². The molecule has 1 aliphatic heterocycles. The number of halogens is 1. The van der Waals surface area contributed by atoms with Crippen molar-refractivity contribution in [1.29, 1.82) is 0 Å². The van der Waals surface area contributed by atoms with Crippen LogP contribution in [0.4, 0.5) is 4.39 Å². The number of nitrogens with zero attached hydrogens (tertiary/aromatic N) is 2. The Morgan fingerprint density at radius 3 is 2.68 bits per heavy atom. The largest absolute Gasteiger partial charge is 0.497 e. The van der Waals surface area contributed by atoms with Crippen LogP contribution in [0.2, 0.25) is 0 Å². The summed E-state index contributed by atoms with van der Waals surface area (Å²) in [4.78, 5) is 31.9. The molecule has 0 spiro atoms. The molecule has 3 aromatic rings. The van der Waals surface area contributed by atoms with Gasteiger partial charge in [0.1, 0.15) is 30.5 Å². The molecule has 37 heavy (non-hydrogen) atoms. The van der Waals surface area contributed by atoms with Crippen molar-refractivity contribution in [2.24, 2.45) is 5.92 Å². The summed E-state index contributed by atoms with van der Waals surface area (Å²) in [5.74, 6) is 0.736. The number of hydrogen-bond donors (Lipinski definition) is 0. The minimum absolute atomic E-state index is 0.0209. The smallest absolute Gasteiger partial charge is 0.254 e. The Balaban J connectivity index is 1.54. The van der Waals surface area contributed by atoms with Crippen LogP contribution in [0.15, 0.2) is 60.0 Å². The van der Waals surface area contributed by atoms with Crippen molar-refractivity contribution < 1.29 is 23.5 Å². The Morgan fingerprint density at radius 2 is 1.95 bits per heavy atom. The van der Waals surface area contributed by atoms with Gasteiger partial charge in [0, 0.05) is 23.5 Å². The number of hydrogen-bond acceptors (Lipinski definition) is 5. The van der Waals surface area contributed by atoms with Gasteiger partial charge in [0.05, 0.1) is 13.2 Å². The average molecular weight is 525 g/mol. The molecule has 2 amide bonds. The average Bonchev–Trinajstić information content (AvgIpc) is 3.41. The zero-order valence-corrected chi connectivity index (χ0v) is 22.3. The first-order valence-corrected chi connectivity index (χ1v) is 13.4. The van der Waals surface area contributed by atoms with Crippen LogP contribution in [-0.2, 0) is 11.2 Å². The van der Waals surface area contributed by atoms with Gasteiger partial charge in [0.25, 0.3) is 5.91 Å². The maximum Gasteiger partial charge on any atom is 0.254 e. The predicted molar refractivity (Wildman–Crippen MR) is 143 cm³/mol. The first-order chi connectivity index (χ1) is 17.9. The molecule has 8 heteroatoms. The van der Waals surface area contributed by atoms with E-state index in [4.69, 9.17) is 9.47 Å². The van der Waals surface area contributed by atoms with E-state index in [1.54, 1.807) is 59.7 Å². The van der Waals surface area contributed by atoms with Crippen molar-refractivity contribution in [3.05, 3.63) is 81.8 Å². The molecule has 196 valence electrons. The van der Waals surface area contributed by atoms with Crippen LogP contribution in [0.5, 0.6) is 11.5 Å². The third-order valence-corrected chi connectivity index (χ3v) is 7.79. The van der Waals surface area contributed by atoms with Gasteiger partial charge in [-0.1, -0.05) is 26.3 Å². The predicted octanol–water partition coefficient (Wildman–Crippen LogP) is 5.59. The van der Waals surface area contributed by atoms with Crippen LogP contribution >= 0.6 is 11.3 Å². The third kappa shape index (κ3) is 6.49. The maximum absolute atomic E-state index is 13.7. The Morgan fingerprint density at radius 1 is 1.16 bits per heavy atom. The molecule has 0 N–H and O–H groups in total. The van der Waals surface area contributed by atoms with Crippen molar-refractivity contribution in [3.63, 3.8) is 0 Å². The fourth-order valence-corrected chi connectivity index (χ4v) is 5.43. The van der Waals surface area contributed by atoms with Gasteiger partial charge in [-0.3, -0.25) is 9.59 Å². The number of methoxy groups -OCH3 is 1. The molecule has 0 aliphatic carbocycles. The van der Waals surface area contributed by atoms with Crippen LogP contribution in [0, 0.1) is 11.7 Å². The van der Waals surface area contributed by atoms with Crippen molar-refractivity contribution in [1.82, 2.24) is 9.80 Å². The Kier molecular flexibility index (Phi) is 8.82. The van der Waals surface area contributed by atoms with E-state index in [1.807, 2.05) is 16.3 Å². The number of amides is 2. The first kappa shape index (κ1) is 26.7. The molecule has 0 fully saturated rings. The fourth-order valence-electron chi connectivity index (χ4n) is 4.50. The summed E-state index contributed by atoms with van der Waals surface area (Å²) in [5.41, 5.74) is 1.56. The minimum Gasteiger partial charge on any atom is -0.497 e. The molecule has 0 saturated carbocycles. The number of benzene rings is 2. The molecule has 6 nitrogen and oxygen atoms in total. The second-order valence-electron chi connectivity index (χ2n) is 9.35. The fraction of sp³-hybridized carbons (Fsp3) is 0.379. The van der Waals surface area contributed by atoms with Gasteiger partial charge in [-0.2, -0.15) is 0 Å². The highest BCUT2D eigenvalue weighted by molar-refractivity contribution is 7.10. The summed E-state index contributed by atoms with van der Waals surface area (Å²) >= 11 is 1.68. The highest BCUT2D eigenvalue weighted by Crippen LogP contribution is 2.34. The molecule has 1 aromatic heterocycles. The molecule has 0 saturated heterocycles. The van der Waals surface area contributed by atoms with Gasteiger partial charge in [-0.15, -0.1) is 11.3 Å². The molecular formula is C29H33FN2O4S. The molecule has 2 aromatic carbocycles. The van der Waals surface area contributed by atoms with E-state index in [0.29, 0.717) is 30.2 Å². The number of rotatable bonds is 10. The van der Waals surface area contributed by atoms with E-state index in [-0.39, 0.29) is 42.7 Å². The monoisotopic (exact) mass is 524 g/mol. The van der Waals surface area contributed by atoms with Crippen molar-refractivity contribution >= 4 is 23.2 Å². The summed E-state index contributed by atoms with van der Waals surface area (Å²) in [5, 5.41) is 2.03. The van der Waals surface area contributed by atoms with E-state index in [9.17, 15) is 14.0 Å². The summed E-state index contributed by atoms with van der Waals surface area (Å²) in [7, 11) is 1.56. The van der Waals surface area contributed by atoms with E-state index in [0.717, 1.165) is 18.4 Å². The van der Waals surface area contributed by atoms with Crippen molar-refractivity contribution in [2.75, 3.05) is 33.4 Å². The maximum atomic E-state index is 13.7. The van der Waals surface area contributed by atoms with E-state index in [1.165, 1.54) is 17.0 Å². The van der Waals surface area contributed by atoms with Crippen LogP contribution in [0.3, 0.4) is 0 Å². The highest BCUT2D eigenvalue weighted by atomic mass is 32.1. The van der Waals surface area contributed by atoms with Crippen LogP contribution in [0.1, 0.15) is 47.1 Å². The topological polar surface area (TPSA) is 59.1 Å². The summed E-state index contributed by atoms with van der Waals surface area (Å²) in [6, 6.07) is 14.6. The zero-order valence-electron chi connectivity index (χ0n) is 21.5. The summed E-state index contributed by atoms with van der Waals surface area (Å²) in [6.07, 6.45) is 1.66. The van der Waals surface area contributed by atoms with Gasteiger partial charge in [-0.25, -0.2) is 4.39 Å². The highest BCUT2D eigenvalue weighted by Gasteiger charge is 2.34. The Bertz CT molecular complexity index is 1210. The standard InChI is InChI=1S/C29H33FN2O4S/c1-4-20(2)17-31(29(34)21-6-5-7-24(16-21)35-3)18-28(33)32-14-12-27-25(13-15-37-27)26(32)19-36-23-10-8-22(30)9-11-23/h5-11,13,15-16,20,26H,4,12,14,17-19H2,1-3H3. The number of carbonyl (C=O) groups excluding carboxylic acids is 2. The number of ether oxygens (including phenoxy) is 2. The van der Waals surface area contributed by atoms with Crippen molar-refractivity contribution in [3.8, 4) is 11.5 Å². The second kappa shape index (κ2) is 12.2. The lowest BCUT2D eigenvalue weighted by Gasteiger charge is -2.37. The Labute approximate surface area is 221 Å². The summed E-state index contributed by atoms with van der Waals surface area (Å²) in [6.45, 7) is 5.41. The van der Waals surface area contributed by atoms with Crippen LogP contribution in [-0.4, -0.2) is 55.0 Å². The number of thiophene rings is 1. The minimum atomic E-state index is -0.330. The van der Waals surface area contributed by atoms with E-state index < -0.39 is 0 Å². The van der Waals surface area contributed by atoms with Gasteiger partial charge < -0.3 is 19.3 Å². The van der Waals surface area contributed by atoms with Gasteiger partial charge in [0.15, 0.2) is 0 Å². The molecule has 2 unspecified atom stereocenters. The van der Waals surface area contributed by atoms with Gasteiger partial charge in [0.2, 0.25) is 5.91 Å². The number of carbonyl (C=O) groups is 2. The molecule has 0 radical (unpaired) electrons. The van der Waals surface area contributed by atoms with Crippen LogP contribution in [0.25, 0.3) is 0 Å². The second-order valence-corrected chi connectivity index (χ2v) is 10.3. The zero-order chi connectivity index (χ0) is 26.4. The summed E-state index contributed by atoms with van der Waals surface area (Å²) < 4.78 is 24.6. The molecule has 4 rings (SSSR count). The SMILES string of the molecule is CCC(C)CN(CC(=O)N1CCc2sccc2C1COc1ccc(F)cc1)C(=O)c1cccc(OC)c1. The van der Waals surface area contributed by atoms with Crippen molar-refractivity contribution in [2.45, 2.75) is 32.7 Å². The number of fused-ring (bicyclic) bond motifs is 1. The third-order valence-electron chi connectivity index (χ3n) is 6.80. The molecular weight excluding hydrogens is 491 g/mol. The van der Waals surface area contributed by atoms with E-state index in [2.05, 4.69) is 13.8 Å². The first-order valence-electron chi connectivity index (χ1n) is 12.6. The van der Waals surface area contributed by atoms with Gasteiger partial charge in [-0.05, 0) is 71.8 Å².